The van der Waals surface area contributed by atoms with Crippen LogP contribution in [0.25, 0.3) is 0 Å². The number of amides is 1. The molecule has 1 atom stereocenters. The maximum Gasteiger partial charge on any atom is 0.312 e. The van der Waals surface area contributed by atoms with Crippen LogP contribution in [0.1, 0.15) is 59.3 Å². The fourth-order valence-corrected chi connectivity index (χ4v) is 5.08. The van der Waals surface area contributed by atoms with Crippen LogP contribution in [0, 0.1) is 10.1 Å². The number of benzene rings is 1. The predicted octanol–water partition coefficient (Wildman–Crippen LogP) is 3.23. The molecule has 1 unspecified atom stereocenters. The molecule has 1 aliphatic rings. The number of nitrogens with zero attached hydrogens (tertiary/aromatic N) is 2. The second-order valence-electron chi connectivity index (χ2n) is 7.43. The summed E-state index contributed by atoms with van der Waals surface area (Å²) in [5, 5.41) is 14.5. The van der Waals surface area contributed by atoms with Crippen LogP contribution in [0.5, 0.6) is 5.75 Å². The molecule has 0 saturated heterocycles. The third-order valence-corrected chi connectivity index (χ3v) is 7.39. The Balaban J connectivity index is 2.18. The zero-order valence-corrected chi connectivity index (χ0v) is 18.6. The van der Waals surface area contributed by atoms with Gasteiger partial charge in [0, 0.05) is 25.2 Å². The number of nitro groups is 1. The van der Waals surface area contributed by atoms with Gasteiger partial charge in [0.25, 0.3) is 5.91 Å². The lowest BCUT2D eigenvalue weighted by molar-refractivity contribution is -0.386. The summed E-state index contributed by atoms with van der Waals surface area (Å²) in [5.41, 5.74) is -0.489. The Morgan fingerprint density at radius 3 is 2.37 bits per heavy atom. The third kappa shape index (κ3) is 5.91. The number of hydrogen-bond acceptors (Lipinski definition) is 6. The van der Waals surface area contributed by atoms with Crippen LogP contribution < -0.4 is 10.1 Å². The Labute approximate surface area is 178 Å². The quantitative estimate of drug-likeness (QED) is 0.357. The summed E-state index contributed by atoms with van der Waals surface area (Å²) >= 11 is 0. The second-order valence-corrected chi connectivity index (χ2v) is 9.37. The molecule has 168 valence electrons. The van der Waals surface area contributed by atoms with Gasteiger partial charge in [-0.05, 0) is 31.9 Å². The van der Waals surface area contributed by atoms with Gasteiger partial charge in [0.1, 0.15) is 0 Å². The van der Waals surface area contributed by atoms with Gasteiger partial charge in [-0.2, -0.15) is 4.31 Å². The third-order valence-electron chi connectivity index (χ3n) is 5.34. The maximum atomic E-state index is 12.7. The normalized spacial score (nSPS) is 16.7. The summed E-state index contributed by atoms with van der Waals surface area (Å²) in [4.78, 5) is 23.1. The lowest BCUT2D eigenvalue weighted by atomic mass is 10.1. The molecule has 1 N–H and O–H groups in total. The Morgan fingerprint density at radius 1 is 1.23 bits per heavy atom. The molecule has 9 nitrogen and oxygen atoms in total. The summed E-state index contributed by atoms with van der Waals surface area (Å²) in [6.07, 6.45) is 5.33. The largest absolute Gasteiger partial charge is 0.474 e. The standard InChI is InChI=1S/C20H31N3O6S/c1-4-22(5-2)30(27,28)17-12-13-19(18(14-17)23(25)26)29-15(3)20(24)21-16-10-8-6-7-9-11-16/h12-16H,4-11H2,1-3H3,(H,21,24). The number of nitro benzene ring substituents is 1. The van der Waals surface area contributed by atoms with E-state index in [9.17, 15) is 23.3 Å². The highest BCUT2D eigenvalue weighted by Crippen LogP contribution is 2.31. The summed E-state index contributed by atoms with van der Waals surface area (Å²) in [5.74, 6) is -0.474. The zero-order valence-electron chi connectivity index (χ0n) is 17.8. The lowest BCUT2D eigenvalue weighted by Crippen LogP contribution is -2.42. The van der Waals surface area contributed by atoms with Crippen molar-refractivity contribution in [1.29, 1.82) is 0 Å². The van der Waals surface area contributed by atoms with Gasteiger partial charge in [0.2, 0.25) is 10.0 Å². The Kier molecular flexibility index (Phi) is 8.60. The van der Waals surface area contributed by atoms with Gasteiger partial charge < -0.3 is 10.1 Å². The number of rotatable bonds is 9. The molecule has 1 saturated carbocycles. The fourth-order valence-electron chi connectivity index (χ4n) is 3.60. The lowest BCUT2D eigenvalue weighted by Gasteiger charge is -2.21. The van der Waals surface area contributed by atoms with E-state index in [0.717, 1.165) is 44.6 Å². The van der Waals surface area contributed by atoms with Crippen LogP contribution >= 0.6 is 0 Å². The van der Waals surface area contributed by atoms with Crippen molar-refractivity contribution in [2.24, 2.45) is 0 Å². The molecule has 1 aromatic carbocycles. The molecule has 0 heterocycles. The zero-order chi connectivity index (χ0) is 22.3. The molecule has 1 aliphatic carbocycles. The van der Waals surface area contributed by atoms with Crippen molar-refractivity contribution in [3.05, 3.63) is 28.3 Å². The number of sulfonamides is 1. The van der Waals surface area contributed by atoms with E-state index in [1.807, 2.05) is 0 Å². The highest BCUT2D eigenvalue weighted by molar-refractivity contribution is 7.89. The molecule has 0 spiro atoms. The minimum Gasteiger partial charge on any atom is -0.474 e. The topological polar surface area (TPSA) is 119 Å². The number of nitrogens with one attached hydrogen (secondary N) is 1. The van der Waals surface area contributed by atoms with E-state index in [1.165, 1.54) is 23.4 Å². The second kappa shape index (κ2) is 10.7. The van der Waals surface area contributed by atoms with Crippen molar-refractivity contribution in [3.63, 3.8) is 0 Å². The fraction of sp³-hybridized carbons (Fsp3) is 0.650. The van der Waals surface area contributed by atoms with E-state index in [1.54, 1.807) is 13.8 Å². The van der Waals surface area contributed by atoms with Gasteiger partial charge in [0.05, 0.1) is 9.82 Å². The van der Waals surface area contributed by atoms with Crippen molar-refractivity contribution in [2.75, 3.05) is 13.1 Å². The van der Waals surface area contributed by atoms with Crippen LogP contribution in [0.3, 0.4) is 0 Å². The highest BCUT2D eigenvalue weighted by Gasteiger charge is 2.28. The highest BCUT2D eigenvalue weighted by atomic mass is 32.2. The molecule has 10 heteroatoms. The minimum atomic E-state index is -3.85. The molecule has 2 rings (SSSR count). The maximum absolute atomic E-state index is 12.7. The number of carbonyl (C=O) groups is 1. The first-order chi connectivity index (χ1) is 14.2. The molecule has 0 aliphatic heterocycles. The first-order valence-corrected chi connectivity index (χ1v) is 11.9. The molecule has 1 fully saturated rings. The first-order valence-electron chi connectivity index (χ1n) is 10.5. The summed E-state index contributed by atoms with van der Waals surface area (Å²) in [6, 6.07) is 3.58. The molecular formula is C20H31N3O6S. The van der Waals surface area contributed by atoms with Crippen LogP contribution in [-0.2, 0) is 14.8 Å². The monoisotopic (exact) mass is 441 g/mol. The summed E-state index contributed by atoms with van der Waals surface area (Å²) in [7, 11) is -3.85. The van der Waals surface area contributed by atoms with Gasteiger partial charge in [0.15, 0.2) is 11.9 Å². The smallest absolute Gasteiger partial charge is 0.312 e. The summed E-state index contributed by atoms with van der Waals surface area (Å²) < 4.78 is 32.1. The number of ether oxygens (including phenoxy) is 1. The van der Waals surface area contributed by atoms with Crippen molar-refractivity contribution in [1.82, 2.24) is 9.62 Å². The molecule has 0 aromatic heterocycles. The predicted molar refractivity (Wildman–Crippen MR) is 113 cm³/mol. The molecule has 1 aromatic rings. The first kappa shape index (κ1) is 24.1. The molecule has 0 radical (unpaired) electrons. The molecule has 0 bridgehead atoms. The van der Waals surface area contributed by atoms with Gasteiger partial charge >= 0.3 is 5.69 Å². The molecule has 1 amide bonds. The van der Waals surface area contributed by atoms with E-state index in [0.29, 0.717) is 0 Å². The molecular weight excluding hydrogens is 410 g/mol. The average molecular weight is 442 g/mol. The van der Waals surface area contributed by atoms with Crippen LogP contribution in [-0.4, -0.2) is 48.8 Å². The van der Waals surface area contributed by atoms with Gasteiger partial charge in [-0.3, -0.25) is 14.9 Å². The van der Waals surface area contributed by atoms with Gasteiger partial charge in [-0.15, -0.1) is 0 Å². The molecule has 30 heavy (non-hydrogen) atoms. The Hall–Kier alpha value is -2.20. The van der Waals surface area contributed by atoms with Crippen molar-refractivity contribution < 1.29 is 22.9 Å². The van der Waals surface area contributed by atoms with Crippen molar-refractivity contribution >= 4 is 21.6 Å². The average Bonchev–Trinajstić information content (AvgIpc) is 2.97. The van der Waals surface area contributed by atoms with E-state index in [-0.39, 0.29) is 35.7 Å². The van der Waals surface area contributed by atoms with Crippen LogP contribution in [0.2, 0.25) is 0 Å². The Morgan fingerprint density at radius 2 is 1.83 bits per heavy atom. The van der Waals surface area contributed by atoms with Crippen LogP contribution in [0.15, 0.2) is 23.1 Å². The van der Waals surface area contributed by atoms with E-state index >= 15 is 0 Å². The van der Waals surface area contributed by atoms with Gasteiger partial charge in [-0.1, -0.05) is 39.5 Å². The Bertz CT molecular complexity index is 846. The van der Waals surface area contributed by atoms with Gasteiger partial charge in [-0.25, -0.2) is 8.42 Å². The van der Waals surface area contributed by atoms with E-state index < -0.39 is 26.7 Å². The van der Waals surface area contributed by atoms with Crippen molar-refractivity contribution in [2.45, 2.75) is 76.3 Å². The van der Waals surface area contributed by atoms with E-state index in [2.05, 4.69) is 5.32 Å². The summed E-state index contributed by atoms with van der Waals surface area (Å²) in [6.45, 7) is 5.42. The SMILES string of the molecule is CCN(CC)S(=O)(=O)c1ccc(OC(C)C(=O)NC2CCCCCC2)c([N+](=O)[O-])c1. The van der Waals surface area contributed by atoms with Crippen molar-refractivity contribution in [3.8, 4) is 5.75 Å². The number of hydrogen-bond donors (Lipinski definition) is 1. The van der Waals surface area contributed by atoms with E-state index in [4.69, 9.17) is 4.74 Å². The number of carbonyl (C=O) groups excluding carboxylic acids is 1. The van der Waals surface area contributed by atoms with Crippen LogP contribution in [0.4, 0.5) is 5.69 Å². The minimum absolute atomic E-state index is 0.0858.